The summed E-state index contributed by atoms with van der Waals surface area (Å²) in [6.07, 6.45) is 0. The van der Waals surface area contributed by atoms with E-state index in [4.69, 9.17) is 0 Å². The van der Waals surface area contributed by atoms with Crippen molar-refractivity contribution >= 4 is 59.0 Å². The molecule has 3 aromatic carbocycles. The number of phenolic OH excluding ortho intramolecular Hbond substituents is 2. The van der Waals surface area contributed by atoms with Gasteiger partial charge in [0.25, 0.3) is 0 Å². The third kappa shape index (κ3) is 5.12. The first kappa shape index (κ1) is 25.0. The van der Waals surface area contributed by atoms with Crippen LogP contribution in [0.15, 0.2) is 54.6 Å². The van der Waals surface area contributed by atoms with Crippen molar-refractivity contribution < 1.29 is 10.2 Å². The molecule has 0 fully saturated rings. The molecular weight excluding hydrogens is 460 g/mol. The highest BCUT2D eigenvalue weighted by atomic mass is 31.4. The molecule has 0 unspecified atom stereocenters. The van der Waals surface area contributed by atoms with Crippen molar-refractivity contribution in [3.63, 3.8) is 0 Å². The lowest BCUT2D eigenvalue weighted by Crippen LogP contribution is -2.41. The Balaban J connectivity index is 2.27. The predicted molar refractivity (Wildman–Crippen MR) is 152 cm³/mol. The first-order valence-electron chi connectivity index (χ1n) is 11.3. The third-order valence-electron chi connectivity index (χ3n) is 6.27. The molecule has 0 heterocycles. The second-order valence-electron chi connectivity index (χ2n) is 10.8. The van der Waals surface area contributed by atoms with Crippen LogP contribution in [0.3, 0.4) is 0 Å². The van der Waals surface area contributed by atoms with Crippen LogP contribution in [0.5, 0.6) is 11.5 Å². The molecule has 0 amide bonds. The molecule has 0 aliphatic rings. The van der Waals surface area contributed by atoms with E-state index in [9.17, 15) is 10.2 Å². The van der Waals surface area contributed by atoms with Crippen molar-refractivity contribution in [2.45, 2.75) is 53.1 Å². The zero-order valence-corrected chi connectivity index (χ0v) is 25.1. The Morgan fingerprint density at radius 1 is 0.656 bits per heavy atom. The fraction of sp³-hybridized carbons (Fsp3) is 0.308. The van der Waals surface area contributed by atoms with Gasteiger partial charge in [-0.1, -0.05) is 107 Å². The predicted octanol–water partition coefficient (Wildman–Crippen LogP) is 3.65. The average molecular weight is 497 g/mol. The highest BCUT2D eigenvalue weighted by molar-refractivity contribution is 7.99. The van der Waals surface area contributed by atoms with Gasteiger partial charge in [0.05, 0.1) is 25.3 Å². The maximum absolute atomic E-state index is 11.5. The molecule has 3 rings (SSSR count). The highest BCUT2D eigenvalue weighted by Gasteiger charge is 2.30. The van der Waals surface area contributed by atoms with Gasteiger partial charge in [-0.3, -0.25) is 0 Å². The SMILES string of the molecule is Cc1cccc([SiH2]P(c2cccc([Si](C)(C)C)c2O)c2cccc([Si](C)(C)C)c2O)c1C. The summed E-state index contributed by atoms with van der Waals surface area (Å²) in [5.41, 5.74) is 2.67. The molecule has 0 atom stereocenters. The lowest BCUT2D eigenvalue weighted by atomic mass is 10.1. The molecule has 0 bridgehead atoms. The topological polar surface area (TPSA) is 40.5 Å². The Bertz CT molecular complexity index is 1070. The standard InChI is InChI=1S/C26H37O2PSi3/c1-18-12-9-15-22(19(18)2)30-29(20-13-10-16-23(25(20)27)31(3,4)5)21-14-11-17-24(26(21)28)32(6,7)8/h9-17,27-28H,30H2,1-8H3. The van der Waals surface area contributed by atoms with Gasteiger partial charge in [-0.05, 0) is 35.3 Å². The summed E-state index contributed by atoms with van der Waals surface area (Å²) in [4.78, 5) is 0. The largest absolute Gasteiger partial charge is 0.507 e. The number of aryl methyl sites for hydroxylation is 1. The van der Waals surface area contributed by atoms with Crippen LogP contribution >= 0.6 is 7.47 Å². The van der Waals surface area contributed by atoms with E-state index in [0.717, 1.165) is 21.0 Å². The molecule has 32 heavy (non-hydrogen) atoms. The minimum Gasteiger partial charge on any atom is -0.507 e. The van der Waals surface area contributed by atoms with Gasteiger partial charge in [-0.2, -0.15) is 0 Å². The van der Waals surface area contributed by atoms with Gasteiger partial charge in [0.1, 0.15) is 11.5 Å². The van der Waals surface area contributed by atoms with Crippen LogP contribution in [0.25, 0.3) is 0 Å². The molecule has 0 radical (unpaired) electrons. The lowest BCUT2D eigenvalue weighted by Gasteiger charge is -2.27. The fourth-order valence-corrected chi connectivity index (χ4v) is 14.8. The molecule has 0 aliphatic heterocycles. The normalized spacial score (nSPS) is 12.8. The van der Waals surface area contributed by atoms with Crippen LogP contribution in [-0.4, -0.2) is 35.5 Å². The number of para-hydroxylation sites is 2. The second kappa shape index (κ2) is 9.30. The molecule has 0 saturated heterocycles. The monoisotopic (exact) mass is 496 g/mol. The van der Waals surface area contributed by atoms with Gasteiger partial charge in [0.15, 0.2) is 0 Å². The zero-order chi connectivity index (χ0) is 23.8. The van der Waals surface area contributed by atoms with E-state index < -0.39 is 32.8 Å². The van der Waals surface area contributed by atoms with Crippen molar-refractivity contribution in [3.05, 3.63) is 65.7 Å². The van der Waals surface area contributed by atoms with E-state index in [1.54, 1.807) is 0 Å². The van der Waals surface area contributed by atoms with Crippen LogP contribution < -0.4 is 26.2 Å². The Hall–Kier alpha value is -1.66. The molecule has 3 aromatic rings. The first-order valence-corrected chi connectivity index (χ1v) is 22.4. The summed E-state index contributed by atoms with van der Waals surface area (Å²) < 4.78 is 0. The van der Waals surface area contributed by atoms with Gasteiger partial charge in [0.2, 0.25) is 0 Å². The molecule has 6 heteroatoms. The summed E-state index contributed by atoms with van der Waals surface area (Å²) in [7, 11) is -5.08. The van der Waals surface area contributed by atoms with Crippen LogP contribution in [0.1, 0.15) is 11.1 Å². The van der Waals surface area contributed by atoms with Gasteiger partial charge in [-0.25, -0.2) is 0 Å². The van der Waals surface area contributed by atoms with Crippen molar-refractivity contribution in [2.24, 2.45) is 0 Å². The molecule has 0 saturated carbocycles. The molecule has 2 N–H and O–H groups in total. The first-order chi connectivity index (χ1) is 14.8. The number of phenols is 2. The Morgan fingerprint density at radius 2 is 1.09 bits per heavy atom. The number of hydrogen-bond donors (Lipinski definition) is 2. The van der Waals surface area contributed by atoms with Crippen molar-refractivity contribution in [1.82, 2.24) is 0 Å². The lowest BCUT2D eigenvalue weighted by molar-refractivity contribution is 0.483. The van der Waals surface area contributed by atoms with Gasteiger partial charge in [-0.15, -0.1) is 0 Å². The van der Waals surface area contributed by atoms with Crippen LogP contribution in [-0.2, 0) is 0 Å². The van der Waals surface area contributed by atoms with Crippen molar-refractivity contribution in [3.8, 4) is 11.5 Å². The molecule has 0 aliphatic carbocycles. The highest BCUT2D eigenvalue weighted by Crippen LogP contribution is 2.38. The van der Waals surface area contributed by atoms with Gasteiger partial charge in [0, 0.05) is 10.6 Å². The molecule has 0 aromatic heterocycles. The van der Waals surface area contributed by atoms with Gasteiger partial charge < -0.3 is 10.2 Å². The second-order valence-corrected chi connectivity index (χ2v) is 26.6. The van der Waals surface area contributed by atoms with Crippen molar-refractivity contribution in [1.29, 1.82) is 0 Å². The Labute approximate surface area is 199 Å². The smallest absolute Gasteiger partial charge is 0.122 e. The molecular formula is C26H37O2PSi3. The minimum atomic E-state index is -1.70. The van der Waals surface area contributed by atoms with E-state index in [-0.39, 0.29) is 0 Å². The zero-order valence-electron chi connectivity index (χ0n) is 20.7. The Morgan fingerprint density at radius 3 is 1.53 bits per heavy atom. The van der Waals surface area contributed by atoms with Crippen molar-refractivity contribution in [2.75, 3.05) is 0 Å². The fourth-order valence-electron chi connectivity index (χ4n) is 4.16. The molecule has 2 nitrogen and oxygen atoms in total. The number of rotatable bonds is 6. The third-order valence-corrected chi connectivity index (χ3v) is 17.6. The van der Waals surface area contributed by atoms with E-state index in [1.165, 1.54) is 16.3 Å². The molecule has 0 spiro atoms. The maximum Gasteiger partial charge on any atom is 0.122 e. The maximum atomic E-state index is 11.5. The van der Waals surface area contributed by atoms with Gasteiger partial charge >= 0.3 is 0 Å². The average Bonchev–Trinajstić information content (AvgIpc) is 2.68. The van der Waals surface area contributed by atoms with Crippen LogP contribution in [0.4, 0.5) is 0 Å². The Kier molecular flexibility index (Phi) is 7.26. The number of hydrogen-bond acceptors (Lipinski definition) is 2. The van der Waals surface area contributed by atoms with Crippen LogP contribution in [0.2, 0.25) is 39.3 Å². The van der Waals surface area contributed by atoms with E-state index in [2.05, 4.69) is 108 Å². The minimum absolute atomic E-state index is 0.466. The summed E-state index contributed by atoms with van der Waals surface area (Å²) >= 11 is 0. The number of benzene rings is 3. The van der Waals surface area contributed by atoms with E-state index in [0.29, 0.717) is 11.5 Å². The summed E-state index contributed by atoms with van der Waals surface area (Å²) in [6.45, 7) is 18.0. The number of aromatic hydroxyl groups is 2. The quantitative estimate of drug-likeness (QED) is 0.404. The molecule has 170 valence electrons. The summed E-state index contributed by atoms with van der Waals surface area (Å²) in [5.74, 6) is 0.932. The summed E-state index contributed by atoms with van der Waals surface area (Å²) in [6, 6.07) is 19.2. The van der Waals surface area contributed by atoms with E-state index >= 15 is 0 Å². The summed E-state index contributed by atoms with van der Waals surface area (Å²) in [5, 5.41) is 28.7. The van der Waals surface area contributed by atoms with Crippen LogP contribution in [0, 0.1) is 13.8 Å². The van der Waals surface area contributed by atoms with E-state index in [1.807, 2.05) is 0 Å².